The lowest BCUT2D eigenvalue weighted by atomic mass is 9.85. The van der Waals surface area contributed by atoms with Crippen molar-refractivity contribution < 1.29 is 38.1 Å². The van der Waals surface area contributed by atoms with E-state index in [2.05, 4.69) is 5.32 Å². The predicted molar refractivity (Wildman–Crippen MR) is 184 cm³/mol. The minimum Gasteiger partial charge on any atom is -0.476 e. The van der Waals surface area contributed by atoms with Gasteiger partial charge in [0.25, 0.3) is 5.91 Å². The van der Waals surface area contributed by atoms with Crippen LogP contribution in [0.25, 0.3) is 0 Å². The van der Waals surface area contributed by atoms with Crippen molar-refractivity contribution in [1.29, 1.82) is 0 Å². The van der Waals surface area contributed by atoms with Crippen molar-refractivity contribution in [1.82, 2.24) is 10.2 Å². The Morgan fingerprint density at radius 1 is 1.04 bits per heavy atom. The highest BCUT2D eigenvalue weighted by Gasteiger charge is 2.52. The molecule has 3 aliphatic heterocycles. The molecule has 2 saturated heterocycles. The Bertz CT molecular complexity index is 1430. The number of ether oxygens (including phenoxy) is 4. The van der Waals surface area contributed by atoms with Gasteiger partial charge in [0.05, 0.1) is 17.5 Å². The first-order chi connectivity index (χ1) is 23.2. The summed E-state index contributed by atoms with van der Waals surface area (Å²) < 4.78 is 22.7. The van der Waals surface area contributed by atoms with Crippen molar-refractivity contribution in [3.05, 3.63) is 18.2 Å². The van der Waals surface area contributed by atoms with E-state index in [0.717, 1.165) is 38.5 Å². The zero-order chi connectivity index (χ0) is 35.1. The molecule has 6 rings (SSSR count). The summed E-state index contributed by atoms with van der Waals surface area (Å²) in [7, 11) is 1.63. The van der Waals surface area contributed by atoms with Crippen molar-refractivity contribution in [3.63, 3.8) is 0 Å². The Labute approximate surface area is 290 Å². The van der Waals surface area contributed by atoms with E-state index in [1.165, 1.54) is 0 Å². The molecule has 4 amide bonds. The molecule has 12 nitrogen and oxygen atoms in total. The van der Waals surface area contributed by atoms with Crippen LogP contribution in [0.15, 0.2) is 18.2 Å². The Balaban J connectivity index is 1.26. The van der Waals surface area contributed by atoms with Gasteiger partial charge in [0, 0.05) is 63.8 Å². The first-order valence-electron chi connectivity index (χ1n) is 18.1. The fraction of sp³-hybridized carbons (Fsp3) is 0.730. The van der Waals surface area contributed by atoms with Crippen LogP contribution < -0.4 is 19.9 Å². The van der Waals surface area contributed by atoms with Crippen LogP contribution in [0.3, 0.4) is 0 Å². The van der Waals surface area contributed by atoms with Crippen LogP contribution in [0, 0.1) is 17.8 Å². The summed E-state index contributed by atoms with van der Waals surface area (Å²) in [6, 6.07) is 5.57. The molecule has 2 aliphatic carbocycles. The minimum atomic E-state index is -1.03. The lowest BCUT2D eigenvalue weighted by Crippen LogP contribution is -2.55. The van der Waals surface area contributed by atoms with Gasteiger partial charge >= 0.3 is 6.09 Å². The number of piperidine rings is 1. The maximum Gasteiger partial charge on any atom is 0.410 e. The molecule has 1 N–H and O–H groups in total. The quantitative estimate of drug-likeness (QED) is 0.353. The Hall–Kier alpha value is -3.38. The third-order valence-electron chi connectivity index (χ3n) is 10.5. The van der Waals surface area contributed by atoms with E-state index in [-0.39, 0.29) is 42.4 Å². The number of carbonyl (C=O) groups is 4. The predicted octanol–water partition coefficient (Wildman–Crippen LogP) is 4.67. The average molecular weight is 683 g/mol. The van der Waals surface area contributed by atoms with Crippen molar-refractivity contribution in [3.8, 4) is 5.75 Å². The maximum absolute atomic E-state index is 14.6. The smallest absolute Gasteiger partial charge is 0.410 e. The summed E-state index contributed by atoms with van der Waals surface area (Å²) in [6.07, 6.45) is 5.88. The van der Waals surface area contributed by atoms with Gasteiger partial charge in [0.1, 0.15) is 11.4 Å². The number of rotatable bonds is 10. The van der Waals surface area contributed by atoms with Gasteiger partial charge in [-0.3, -0.25) is 14.4 Å². The van der Waals surface area contributed by atoms with E-state index in [9.17, 15) is 19.2 Å². The number of likely N-dealkylation sites (tertiary alicyclic amines) is 1. The first kappa shape index (κ1) is 35.4. The summed E-state index contributed by atoms with van der Waals surface area (Å²) in [5, 5.41) is 3.38. The highest BCUT2D eigenvalue weighted by molar-refractivity contribution is 6.04. The summed E-state index contributed by atoms with van der Waals surface area (Å²) in [5.74, 6) is -0.597. The van der Waals surface area contributed by atoms with Crippen molar-refractivity contribution in [2.75, 3.05) is 56.4 Å². The van der Waals surface area contributed by atoms with Crippen LogP contribution in [0.2, 0.25) is 0 Å². The summed E-state index contributed by atoms with van der Waals surface area (Å²) in [6.45, 7) is 11.7. The number of hydrogen-bond donors (Lipinski definition) is 1. The number of nitrogens with zero attached hydrogens (tertiary/aromatic N) is 3. The zero-order valence-corrected chi connectivity index (χ0v) is 30.0. The third-order valence-corrected chi connectivity index (χ3v) is 10.5. The lowest BCUT2D eigenvalue weighted by molar-refractivity contribution is -0.133. The second kappa shape index (κ2) is 13.7. The van der Waals surface area contributed by atoms with Gasteiger partial charge in [-0.25, -0.2) is 4.79 Å². The van der Waals surface area contributed by atoms with Gasteiger partial charge in [-0.2, -0.15) is 0 Å². The molecule has 0 radical (unpaired) electrons. The molecule has 4 fully saturated rings. The molecule has 2 atom stereocenters. The summed E-state index contributed by atoms with van der Waals surface area (Å²) in [5.41, 5.74) is -0.679. The van der Waals surface area contributed by atoms with Crippen LogP contribution in [-0.4, -0.2) is 98.1 Å². The summed E-state index contributed by atoms with van der Waals surface area (Å²) in [4.78, 5) is 60.7. The minimum absolute atomic E-state index is 0.00317. The molecule has 3 heterocycles. The van der Waals surface area contributed by atoms with Crippen LogP contribution in [0.1, 0.15) is 86.0 Å². The molecular formula is C37H54N4O8. The number of methoxy groups -OCH3 is 1. The topological polar surface area (TPSA) is 127 Å². The van der Waals surface area contributed by atoms with E-state index in [4.69, 9.17) is 18.9 Å². The monoisotopic (exact) mass is 682 g/mol. The molecular weight excluding hydrogens is 628 g/mol. The van der Waals surface area contributed by atoms with Crippen molar-refractivity contribution >= 4 is 35.2 Å². The molecule has 2 saturated carbocycles. The lowest BCUT2D eigenvalue weighted by Gasteiger charge is -2.41. The van der Waals surface area contributed by atoms with Gasteiger partial charge in [-0.05, 0) is 110 Å². The second-order valence-electron chi connectivity index (χ2n) is 16.1. The van der Waals surface area contributed by atoms with E-state index in [0.29, 0.717) is 62.2 Å². The van der Waals surface area contributed by atoms with Crippen LogP contribution >= 0.6 is 0 Å². The number of nitrogens with one attached hydrogen (secondary N) is 1. The van der Waals surface area contributed by atoms with Gasteiger partial charge in [0.15, 0.2) is 5.60 Å². The number of benzene rings is 1. The molecule has 0 aromatic heterocycles. The highest BCUT2D eigenvalue weighted by atomic mass is 16.6. The van der Waals surface area contributed by atoms with Crippen molar-refractivity contribution in [2.45, 2.75) is 109 Å². The SMILES string of the molecule is COCCCN1C(=O)C(C)(C)Oc2ccc(N(C(=O)[C@@H]3C[C@H](C(=O)NC4(C5CCOCC5)CC4)CN(C(=O)OC(C)(C)C)C3)C3CC3)cc21. The van der Waals surface area contributed by atoms with Crippen LogP contribution in [0.4, 0.5) is 16.2 Å². The van der Waals surface area contributed by atoms with Crippen LogP contribution in [-0.2, 0) is 28.6 Å². The molecule has 12 heteroatoms. The Kier molecular flexibility index (Phi) is 9.94. The number of hydrogen-bond acceptors (Lipinski definition) is 8. The molecule has 49 heavy (non-hydrogen) atoms. The fourth-order valence-corrected chi connectivity index (χ4v) is 7.65. The normalized spacial score (nSPS) is 24.8. The standard InChI is InChI=1S/C37H54N4O8/c1-35(2,3)49-34(45)39-22-24(31(42)38-37(14-15-37)26-12-18-47-19-13-26)20-25(23-39)32(43)41(27-8-9-27)28-10-11-30-29(21-28)40(16-7-17-46-6)33(44)36(4,5)48-30/h10-11,21,24-27H,7-9,12-20,22-23H2,1-6H3,(H,38,42)/t24-,25+/m0/s1. The van der Waals surface area contributed by atoms with E-state index < -0.39 is 29.1 Å². The second-order valence-corrected chi connectivity index (χ2v) is 16.1. The van der Waals surface area contributed by atoms with E-state index in [1.54, 1.807) is 30.8 Å². The number of amides is 4. The van der Waals surface area contributed by atoms with E-state index >= 15 is 0 Å². The molecule has 5 aliphatic rings. The molecule has 270 valence electrons. The number of carbonyl (C=O) groups excluding carboxylic acids is 4. The van der Waals surface area contributed by atoms with E-state index in [1.807, 2.05) is 43.9 Å². The van der Waals surface area contributed by atoms with Gasteiger partial charge in [-0.15, -0.1) is 0 Å². The van der Waals surface area contributed by atoms with Crippen molar-refractivity contribution in [2.24, 2.45) is 17.8 Å². The fourth-order valence-electron chi connectivity index (χ4n) is 7.65. The summed E-state index contributed by atoms with van der Waals surface area (Å²) >= 11 is 0. The maximum atomic E-state index is 14.6. The number of anilines is 2. The molecule has 1 aromatic rings. The average Bonchev–Trinajstić information content (AvgIpc) is 4.00. The third kappa shape index (κ3) is 7.85. The van der Waals surface area contributed by atoms with Gasteiger partial charge in [0.2, 0.25) is 11.8 Å². The number of fused-ring (bicyclic) bond motifs is 1. The largest absolute Gasteiger partial charge is 0.476 e. The molecule has 0 unspecified atom stereocenters. The molecule has 1 aromatic carbocycles. The van der Waals surface area contributed by atoms with Crippen LogP contribution in [0.5, 0.6) is 5.75 Å². The highest BCUT2D eigenvalue weighted by Crippen LogP contribution is 2.47. The van der Waals surface area contributed by atoms with Gasteiger partial charge in [-0.1, -0.05) is 0 Å². The zero-order valence-electron chi connectivity index (χ0n) is 30.0. The molecule has 0 spiro atoms. The molecule has 0 bridgehead atoms. The first-order valence-corrected chi connectivity index (χ1v) is 18.1. The Morgan fingerprint density at radius 3 is 2.37 bits per heavy atom. The van der Waals surface area contributed by atoms with Gasteiger partial charge < -0.3 is 39.0 Å². The Morgan fingerprint density at radius 2 is 1.73 bits per heavy atom.